The van der Waals surface area contributed by atoms with Crippen LogP contribution in [0.4, 0.5) is 5.69 Å². The van der Waals surface area contributed by atoms with Gasteiger partial charge in [-0.1, -0.05) is 0 Å². The van der Waals surface area contributed by atoms with Crippen LogP contribution in [0.3, 0.4) is 0 Å². The van der Waals surface area contributed by atoms with Crippen LogP contribution in [0.1, 0.15) is 5.76 Å². The predicted octanol–water partition coefficient (Wildman–Crippen LogP) is 3.59. The number of aryl methyl sites for hydroxylation is 1. The van der Waals surface area contributed by atoms with Gasteiger partial charge in [0.15, 0.2) is 0 Å². The molecule has 0 bridgehead atoms. The molecular formula is C12H12N2O3S. The molecule has 1 heterocycles. The van der Waals surface area contributed by atoms with Gasteiger partial charge < -0.3 is 9.73 Å². The van der Waals surface area contributed by atoms with E-state index in [1.54, 1.807) is 6.26 Å². The van der Waals surface area contributed by atoms with E-state index in [9.17, 15) is 10.1 Å². The first-order valence-corrected chi connectivity index (χ1v) is 6.47. The van der Waals surface area contributed by atoms with Crippen LogP contribution in [0, 0.1) is 17.0 Å². The number of fused-ring (bicyclic) bond motifs is 1. The van der Waals surface area contributed by atoms with Gasteiger partial charge in [-0.15, -0.1) is 11.8 Å². The number of furan rings is 1. The van der Waals surface area contributed by atoms with Crippen molar-refractivity contribution >= 4 is 28.4 Å². The normalized spacial score (nSPS) is 11.8. The van der Waals surface area contributed by atoms with Gasteiger partial charge in [-0.25, -0.2) is 0 Å². The van der Waals surface area contributed by atoms with Crippen LogP contribution in [-0.4, -0.2) is 11.2 Å². The first-order chi connectivity index (χ1) is 8.58. The molecule has 0 saturated carbocycles. The maximum Gasteiger partial charge on any atom is 0.264 e. The van der Waals surface area contributed by atoms with Gasteiger partial charge in [0.05, 0.1) is 4.92 Å². The van der Waals surface area contributed by atoms with E-state index in [0.29, 0.717) is 5.03 Å². The molecule has 0 aliphatic rings. The maximum absolute atomic E-state index is 10.4. The largest absolute Gasteiger partial charge is 0.461 e. The SMILES string of the molecule is CSC(=C[N+](=O)[O-])Nc1ccc2oc(C)cc2c1. The van der Waals surface area contributed by atoms with E-state index in [1.165, 1.54) is 11.8 Å². The molecule has 0 unspecified atom stereocenters. The standard InChI is InChI=1S/C12H12N2O3S/c1-8-5-9-6-10(3-4-11(9)17-8)13-12(18-2)7-14(15)16/h3-7,13H,1-2H3. The summed E-state index contributed by atoms with van der Waals surface area (Å²) in [4.78, 5) is 9.96. The van der Waals surface area contributed by atoms with Crippen LogP contribution in [0.25, 0.3) is 11.0 Å². The summed E-state index contributed by atoms with van der Waals surface area (Å²) in [5, 5.41) is 14.9. The molecule has 0 saturated heterocycles. The zero-order valence-corrected chi connectivity index (χ0v) is 10.8. The highest BCUT2D eigenvalue weighted by Gasteiger charge is 2.05. The topological polar surface area (TPSA) is 68.3 Å². The van der Waals surface area contributed by atoms with Gasteiger partial charge >= 0.3 is 0 Å². The van der Waals surface area contributed by atoms with Gasteiger partial charge in [0, 0.05) is 11.1 Å². The van der Waals surface area contributed by atoms with Crippen molar-refractivity contribution in [3.63, 3.8) is 0 Å². The lowest BCUT2D eigenvalue weighted by Gasteiger charge is -2.05. The summed E-state index contributed by atoms with van der Waals surface area (Å²) in [6.45, 7) is 1.88. The fourth-order valence-corrected chi connectivity index (χ4v) is 2.04. The minimum Gasteiger partial charge on any atom is -0.461 e. The van der Waals surface area contributed by atoms with E-state index in [-0.39, 0.29) is 0 Å². The Labute approximate surface area is 108 Å². The molecule has 18 heavy (non-hydrogen) atoms. The third kappa shape index (κ3) is 2.84. The average Bonchev–Trinajstić information content (AvgIpc) is 2.67. The Kier molecular flexibility index (Phi) is 3.57. The Bertz CT molecular complexity index is 619. The second-order valence-electron chi connectivity index (χ2n) is 3.72. The van der Waals surface area contributed by atoms with E-state index in [2.05, 4.69) is 5.32 Å². The van der Waals surface area contributed by atoms with Crippen LogP contribution in [0.5, 0.6) is 0 Å². The summed E-state index contributed by atoms with van der Waals surface area (Å²) in [5.74, 6) is 0.841. The molecule has 2 aromatic rings. The van der Waals surface area contributed by atoms with E-state index in [4.69, 9.17) is 4.42 Å². The Morgan fingerprint density at radius 1 is 1.50 bits per heavy atom. The van der Waals surface area contributed by atoms with Crippen molar-refractivity contribution in [3.8, 4) is 0 Å². The van der Waals surface area contributed by atoms with Gasteiger partial charge in [-0.3, -0.25) is 10.1 Å². The van der Waals surface area contributed by atoms with Gasteiger partial charge in [0.25, 0.3) is 6.20 Å². The lowest BCUT2D eigenvalue weighted by molar-refractivity contribution is -0.402. The molecule has 0 aliphatic carbocycles. The molecule has 6 heteroatoms. The minimum atomic E-state index is -0.473. The second-order valence-corrected chi connectivity index (χ2v) is 4.57. The van der Waals surface area contributed by atoms with Gasteiger partial charge in [0.2, 0.25) is 0 Å². The summed E-state index contributed by atoms with van der Waals surface area (Å²) in [6.07, 6.45) is 2.73. The summed E-state index contributed by atoms with van der Waals surface area (Å²) < 4.78 is 5.46. The van der Waals surface area contributed by atoms with Crippen molar-refractivity contribution < 1.29 is 9.34 Å². The first-order valence-electron chi connectivity index (χ1n) is 5.25. The summed E-state index contributed by atoms with van der Waals surface area (Å²) in [5.41, 5.74) is 1.60. The van der Waals surface area contributed by atoms with E-state index >= 15 is 0 Å². The van der Waals surface area contributed by atoms with Gasteiger partial charge in [0.1, 0.15) is 16.4 Å². The monoisotopic (exact) mass is 264 g/mol. The Hall–Kier alpha value is -1.95. The van der Waals surface area contributed by atoms with Crippen LogP contribution in [0.15, 0.2) is 39.9 Å². The molecule has 0 amide bonds. The lowest BCUT2D eigenvalue weighted by Crippen LogP contribution is -1.98. The van der Waals surface area contributed by atoms with Crippen LogP contribution in [0.2, 0.25) is 0 Å². The zero-order chi connectivity index (χ0) is 13.1. The molecular weight excluding hydrogens is 252 g/mol. The number of hydrogen-bond acceptors (Lipinski definition) is 5. The number of nitrogens with zero attached hydrogens (tertiary/aromatic N) is 1. The van der Waals surface area contributed by atoms with Crippen molar-refractivity contribution in [3.05, 3.63) is 51.4 Å². The molecule has 0 aliphatic heterocycles. The van der Waals surface area contributed by atoms with Crippen molar-refractivity contribution in [2.24, 2.45) is 0 Å². The minimum absolute atomic E-state index is 0.473. The summed E-state index contributed by atoms with van der Waals surface area (Å²) >= 11 is 1.29. The van der Waals surface area contributed by atoms with Crippen molar-refractivity contribution in [2.75, 3.05) is 11.6 Å². The number of hydrogen-bond donors (Lipinski definition) is 1. The third-order valence-electron chi connectivity index (χ3n) is 2.35. The van der Waals surface area contributed by atoms with E-state index < -0.39 is 4.92 Å². The van der Waals surface area contributed by atoms with Crippen molar-refractivity contribution in [1.29, 1.82) is 0 Å². The highest BCUT2D eigenvalue weighted by atomic mass is 32.2. The van der Waals surface area contributed by atoms with Crippen molar-refractivity contribution in [1.82, 2.24) is 0 Å². The van der Waals surface area contributed by atoms with E-state index in [0.717, 1.165) is 28.6 Å². The number of nitro groups is 1. The number of nitrogens with one attached hydrogen (secondary N) is 1. The Morgan fingerprint density at radius 3 is 2.94 bits per heavy atom. The highest BCUT2D eigenvalue weighted by Crippen LogP contribution is 2.24. The number of rotatable bonds is 4. The Morgan fingerprint density at radius 2 is 2.28 bits per heavy atom. The molecule has 94 valence electrons. The van der Waals surface area contributed by atoms with E-state index in [1.807, 2.05) is 31.2 Å². The van der Waals surface area contributed by atoms with Gasteiger partial charge in [-0.2, -0.15) is 0 Å². The second kappa shape index (κ2) is 5.14. The smallest absolute Gasteiger partial charge is 0.264 e. The fourth-order valence-electron chi connectivity index (χ4n) is 1.63. The highest BCUT2D eigenvalue weighted by molar-refractivity contribution is 8.02. The number of benzene rings is 1. The first kappa shape index (κ1) is 12.5. The molecule has 0 radical (unpaired) electrons. The summed E-state index contributed by atoms with van der Waals surface area (Å²) in [6, 6.07) is 7.50. The van der Waals surface area contributed by atoms with Crippen LogP contribution < -0.4 is 5.32 Å². The summed E-state index contributed by atoms with van der Waals surface area (Å²) in [7, 11) is 0. The third-order valence-corrected chi connectivity index (χ3v) is 3.00. The zero-order valence-electron chi connectivity index (χ0n) is 9.97. The lowest BCUT2D eigenvalue weighted by atomic mass is 10.2. The van der Waals surface area contributed by atoms with Crippen LogP contribution in [-0.2, 0) is 0 Å². The van der Waals surface area contributed by atoms with Crippen molar-refractivity contribution in [2.45, 2.75) is 6.92 Å². The number of thioether (sulfide) groups is 1. The molecule has 0 spiro atoms. The molecule has 2 rings (SSSR count). The average molecular weight is 264 g/mol. The maximum atomic E-state index is 10.4. The predicted molar refractivity (Wildman–Crippen MR) is 73.2 cm³/mol. The fraction of sp³-hybridized carbons (Fsp3) is 0.167. The van der Waals surface area contributed by atoms with Crippen LogP contribution >= 0.6 is 11.8 Å². The number of anilines is 1. The molecule has 0 atom stereocenters. The molecule has 5 nitrogen and oxygen atoms in total. The molecule has 1 aromatic heterocycles. The van der Waals surface area contributed by atoms with Gasteiger partial charge in [-0.05, 0) is 37.4 Å². The Balaban J connectivity index is 2.28. The quantitative estimate of drug-likeness (QED) is 0.675. The molecule has 1 aromatic carbocycles. The molecule has 0 fully saturated rings. The molecule has 1 N–H and O–H groups in total.